The lowest BCUT2D eigenvalue weighted by molar-refractivity contribution is 0.513. The number of hydrogen-bond acceptors (Lipinski definition) is 0. The number of hydrogen-bond donors (Lipinski definition) is 0. The summed E-state index contributed by atoms with van der Waals surface area (Å²) in [7, 11) is 0. The molecule has 3 atom stereocenters. The molecule has 0 heterocycles. The Hall–Kier alpha value is -1.22. The summed E-state index contributed by atoms with van der Waals surface area (Å²) in [6.07, 6.45) is 2.98. The molecule has 0 N–H and O–H groups in total. The predicted octanol–water partition coefficient (Wildman–Crippen LogP) is 3.25. The third-order valence-corrected chi connectivity index (χ3v) is 4.90. The molecule has 0 amide bonds. The fraction of sp³-hybridized carbons (Fsp3) is 0.500. The SMILES string of the molecule is Cc1ccc(C#CC2C3CC4C(C3)C24)cc1. The summed E-state index contributed by atoms with van der Waals surface area (Å²) in [5.74, 6) is 11.8. The highest BCUT2D eigenvalue weighted by Gasteiger charge is 2.67. The average Bonchev–Trinajstić information content (AvgIpc) is 2.72. The Labute approximate surface area is 97.1 Å². The fourth-order valence-corrected chi connectivity index (χ4v) is 4.09. The van der Waals surface area contributed by atoms with Crippen molar-refractivity contribution >= 4 is 0 Å². The molecule has 0 saturated heterocycles. The first-order valence-corrected chi connectivity index (χ1v) is 6.41. The molecule has 1 aromatic rings. The zero-order valence-electron chi connectivity index (χ0n) is 9.61. The van der Waals surface area contributed by atoms with E-state index in [-0.39, 0.29) is 0 Å². The smallest absolute Gasteiger partial charge is 0.0268 e. The van der Waals surface area contributed by atoms with E-state index in [1.165, 1.54) is 24.0 Å². The third-order valence-electron chi connectivity index (χ3n) is 4.90. The van der Waals surface area contributed by atoms with E-state index in [4.69, 9.17) is 0 Å². The molecule has 0 radical (unpaired) electrons. The second-order valence-electron chi connectivity index (χ2n) is 5.80. The van der Waals surface area contributed by atoms with Crippen molar-refractivity contribution in [3.8, 4) is 11.8 Å². The van der Waals surface area contributed by atoms with Crippen molar-refractivity contribution < 1.29 is 0 Å². The molecular formula is C16H16. The highest BCUT2D eigenvalue weighted by Crippen LogP contribution is 2.73. The molecule has 0 aromatic heterocycles. The van der Waals surface area contributed by atoms with Gasteiger partial charge < -0.3 is 0 Å². The van der Waals surface area contributed by atoms with Crippen LogP contribution in [0.15, 0.2) is 24.3 Å². The molecule has 0 nitrogen and oxygen atoms in total. The first-order valence-electron chi connectivity index (χ1n) is 6.41. The average molecular weight is 208 g/mol. The molecule has 1 aromatic carbocycles. The van der Waals surface area contributed by atoms with E-state index in [1.807, 2.05) is 0 Å². The van der Waals surface area contributed by atoms with E-state index in [9.17, 15) is 0 Å². The first-order chi connectivity index (χ1) is 7.83. The van der Waals surface area contributed by atoms with Crippen LogP contribution in [0.3, 0.4) is 0 Å². The Bertz CT molecular complexity index is 471. The van der Waals surface area contributed by atoms with Gasteiger partial charge in [0.25, 0.3) is 0 Å². The van der Waals surface area contributed by atoms with Gasteiger partial charge in [-0.05, 0) is 55.6 Å². The van der Waals surface area contributed by atoms with Crippen molar-refractivity contribution in [2.24, 2.45) is 29.6 Å². The van der Waals surface area contributed by atoms with Crippen molar-refractivity contribution in [2.45, 2.75) is 19.8 Å². The maximum absolute atomic E-state index is 3.55. The van der Waals surface area contributed by atoms with Crippen LogP contribution in [0.4, 0.5) is 0 Å². The van der Waals surface area contributed by atoms with Gasteiger partial charge in [-0.2, -0.15) is 0 Å². The van der Waals surface area contributed by atoms with Gasteiger partial charge >= 0.3 is 0 Å². The van der Waals surface area contributed by atoms with Crippen molar-refractivity contribution in [1.82, 2.24) is 0 Å². The van der Waals surface area contributed by atoms with E-state index < -0.39 is 0 Å². The quantitative estimate of drug-likeness (QED) is 0.574. The zero-order valence-corrected chi connectivity index (χ0v) is 9.61. The van der Waals surface area contributed by atoms with Crippen LogP contribution in [0.2, 0.25) is 0 Å². The molecule has 0 heteroatoms. The standard InChI is InChI=1S/C16H16/c1-10-2-4-11(5-3-10)6-7-13-12-8-14-15(9-12)16(13)14/h2-5,12-16H,8-9H2,1H3. The van der Waals surface area contributed by atoms with Crippen molar-refractivity contribution in [3.05, 3.63) is 35.4 Å². The Morgan fingerprint density at radius 3 is 2.31 bits per heavy atom. The largest absolute Gasteiger partial charge is 0.0939 e. The minimum absolute atomic E-state index is 0.747. The van der Waals surface area contributed by atoms with Gasteiger partial charge in [0, 0.05) is 11.5 Å². The summed E-state index contributed by atoms with van der Waals surface area (Å²) >= 11 is 0. The highest BCUT2D eigenvalue weighted by atomic mass is 14.7. The molecule has 4 saturated carbocycles. The lowest BCUT2D eigenvalue weighted by Gasteiger charge is -2.05. The summed E-state index contributed by atoms with van der Waals surface area (Å²) in [6, 6.07) is 8.59. The second-order valence-corrected chi connectivity index (χ2v) is 5.80. The lowest BCUT2D eigenvalue weighted by atomic mass is 9.98. The molecule has 0 aliphatic heterocycles. The second kappa shape index (κ2) is 2.92. The summed E-state index contributed by atoms with van der Waals surface area (Å²) in [5, 5.41) is 0. The van der Waals surface area contributed by atoms with Gasteiger partial charge in [0.1, 0.15) is 0 Å². The van der Waals surface area contributed by atoms with Crippen LogP contribution in [0.25, 0.3) is 0 Å². The van der Waals surface area contributed by atoms with Gasteiger partial charge in [0.15, 0.2) is 0 Å². The molecule has 4 aliphatic carbocycles. The maximum Gasteiger partial charge on any atom is 0.0268 e. The molecule has 0 spiro atoms. The number of benzene rings is 1. The molecule has 4 bridgehead atoms. The van der Waals surface area contributed by atoms with Crippen LogP contribution in [0.1, 0.15) is 24.0 Å². The fourth-order valence-electron chi connectivity index (χ4n) is 4.09. The van der Waals surface area contributed by atoms with Gasteiger partial charge in [-0.15, -0.1) is 0 Å². The highest BCUT2D eigenvalue weighted by molar-refractivity contribution is 5.38. The van der Waals surface area contributed by atoms with E-state index >= 15 is 0 Å². The lowest BCUT2D eigenvalue weighted by Crippen LogP contribution is -2.01. The van der Waals surface area contributed by atoms with E-state index in [2.05, 4.69) is 43.0 Å². The maximum atomic E-state index is 3.55. The molecule has 5 rings (SSSR count). The Morgan fingerprint density at radius 1 is 1.06 bits per heavy atom. The Kier molecular flexibility index (Phi) is 1.62. The van der Waals surface area contributed by atoms with Crippen molar-refractivity contribution in [2.75, 3.05) is 0 Å². The summed E-state index contributed by atoms with van der Waals surface area (Å²) in [6.45, 7) is 2.12. The number of rotatable bonds is 0. The monoisotopic (exact) mass is 208 g/mol. The molecular weight excluding hydrogens is 192 g/mol. The van der Waals surface area contributed by atoms with Gasteiger partial charge in [-0.25, -0.2) is 0 Å². The Balaban J connectivity index is 1.58. The van der Waals surface area contributed by atoms with E-state index in [1.54, 1.807) is 0 Å². The minimum atomic E-state index is 0.747. The third kappa shape index (κ3) is 1.12. The molecule has 80 valence electrons. The predicted molar refractivity (Wildman–Crippen MR) is 64.7 cm³/mol. The number of aryl methyl sites for hydroxylation is 1. The summed E-state index contributed by atoms with van der Waals surface area (Å²) in [5.41, 5.74) is 2.50. The van der Waals surface area contributed by atoms with Crippen molar-refractivity contribution in [3.63, 3.8) is 0 Å². The summed E-state index contributed by atoms with van der Waals surface area (Å²) < 4.78 is 0. The minimum Gasteiger partial charge on any atom is -0.0939 e. The van der Waals surface area contributed by atoms with Gasteiger partial charge in [-0.1, -0.05) is 29.5 Å². The normalized spacial score (nSPS) is 41.7. The molecule has 4 fully saturated rings. The van der Waals surface area contributed by atoms with Gasteiger partial charge in [-0.3, -0.25) is 0 Å². The van der Waals surface area contributed by atoms with Gasteiger partial charge in [0.05, 0.1) is 0 Å². The van der Waals surface area contributed by atoms with E-state index in [0.29, 0.717) is 0 Å². The van der Waals surface area contributed by atoms with Gasteiger partial charge in [0.2, 0.25) is 0 Å². The van der Waals surface area contributed by atoms with Crippen LogP contribution in [0.5, 0.6) is 0 Å². The first kappa shape index (κ1) is 8.88. The molecule has 3 unspecified atom stereocenters. The zero-order chi connectivity index (χ0) is 10.7. The Morgan fingerprint density at radius 2 is 1.75 bits per heavy atom. The molecule has 16 heavy (non-hydrogen) atoms. The van der Waals surface area contributed by atoms with Crippen molar-refractivity contribution in [1.29, 1.82) is 0 Å². The van der Waals surface area contributed by atoms with Crippen LogP contribution < -0.4 is 0 Å². The van der Waals surface area contributed by atoms with Crippen LogP contribution in [-0.4, -0.2) is 0 Å². The van der Waals surface area contributed by atoms with Crippen LogP contribution in [-0.2, 0) is 0 Å². The van der Waals surface area contributed by atoms with Crippen LogP contribution >= 0.6 is 0 Å². The summed E-state index contributed by atoms with van der Waals surface area (Å²) in [4.78, 5) is 0. The van der Waals surface area contributed by atoms with E-state index in [0.717, 1.165) is 29.6 Å². The topological polar surface area (TPSA) is 0 Å². The molecule has 4 aliphatic rings. The van der Waals surface area contributed by atoms with Crippen LogP contribution in [0, 0.1) is 48.4 Å².